The lowest BCUT2D eigenvalue weighted by molar-refractivity contribution is -0.125. The van der Waals surface area contributed by atoms with Crippen LogP contribution >= 0.6 is 0 Å². The van der Waals surface area contributed by atoms with Crippen LogP contribution < -0.4 is 24.8 Å². The molecule has 12 heteroatoms. The number of rotatable bonds is 10. The molecule has 1 saturated carbocycles. The average Bonchev–Trinajstić information content (AvgIpc) is 3.57. The van der Waals surface area contributed by atoms with Gasteiger partial charge in [-0.15, -0.1) is 0 Å². The molecule has 38 heavy (non-hydrogen) atoms. The number of hydrogen-bond acceptors (Lipinski definition) is 9. The highest BCUT2D eigenvalue weighted by Crippen LogP contribution is 2.47. The minimum Gasteiger partial charge on any atom is -0.490 e. The van der Waals surface area contributed by atoms with Crippen molar-refractivity contribution in [3.05, 3.63) is 30.2 Å². The normalized spacial score (nSPS) is 18.4. The monoisotopic (exact) mass is 525 g/mol. The number of nitrogens with one attached hydrogen (secondary N) is 3. The molecule has 202 valence electrons. The third-order valence-electron chi connectivity index (χ3n) is 6.69. The Morgan fingerprint density at radius 1 is 1.03 bits per heavy atom. The second kappa shape index (κ2) is 11.7. The molecule has 1 aromatic carbocycles. The van der Waals surface area contributed by atoms with E-state index in [1.807, 2.05) is 0 Å². The summed E-state index contributed by atoms with van der Waals surface area (Å²) in [6, 6.07) is 3.69. The predicted octanol–water partition coefficient (Wildman–Crippen LogP) is 2.18. The Hall–Kier alpha value is -3.90. The molecular weight excluding hydrogens is 494 g/mol. The van der Waals surface area contributed by atoms with Gasteiger partial charge in [-0.2, -0.15) is 0 Å². The molecule has 12 nitrogen and oxygen atoms in total. The highest BCUT2D eigenvalue weighted by Gasteiger charge is 2.28. The van der Waals surface area contributed by atoms with Crippen molar-refractivity contribution >= 4 is 22.8 Å². The molecule has 2 amide bonds. The van der Waals surface area contributed by atoms with Crippen LogP contribution in [0.1, 0.15) is 36.0 Å². The lowest BCUT2D eigenvalue weighted by Crippen LogP contribution is -2.44. The molecule has 0 atom stereocenters. The van der Waals surface area contributed by atoms with Gasteiger partial charge in [0.05, 0.1) is 23.3 Å². The highest BCUT2D eigenvalue weighted by molar-refractivity contribution is 6.08. The van der Waals surface area contributed by atoms with Crippen LogP contribution in [-0.4, -0.2) is 79.7 Å². The van der Waals surface area contributed by atoms with Crippen LogP contribution in [-0.2, 0) is 14.3 Å². The minimum absolute atomic E-state index is 0.00747. The second-order valence-corrected chi connectivity index (χ2v) is 9.18. The molecule has 0 radical (unpaired) electrons. The van der Waals surface area contributed by atoms with Crippen molar-refractivity contribution in [2.45, 2.75) is 37.8 Å². The van der Waals surface area contributed by atoms with E-state index in [1.165, 1.54) is 13.4 Å². The van der Waals surface area contributed by atoms with Gasteiger partial charge in [0.25, 0.3) is 5.91 Å². The summed E-state index contributed by atoms with van der Waals surface area (Å²) in [5.41, 5.74) is 2.66. The third-order valence-corrected chi connectivity index (χ3v) is 6.69. The summed E-state index contributed by atoms with van der Waals surface area (Å²) >= 11 is 0. The molecule has 1 aliphatic heterocycles. The van der Waals surface area contributed by atoms with E-state index in [4.69, 9.17) is 23.7 Å². The van der Waals surface area contributed by atoms with Crippen LogP contribution in [0.2, 0.25) is 0 Å². The molecule has 5 rings (SSSR count). The summed E-state index contributed by atoms with van der Waals surface area (Å²) in [6.07, 6.45) is 6.16. The number of carbonyl (C=O) groups excluding carboxylic acids is 2. The van der Waals surface area contributed by atoms with Gasteiger partial charge in [0.15, 0.2) is 11.5 Å². The van der Waals surface area contributed by atoms with Crippen LogP contribution in [0, 0.1) is 0 Å². The van der Waals surface area contributed by atoms with E-state index in [-0.39, 0.29) is 37.3 Å². The Morgan fingerprint density at radius 2 is 1.82 bits per heavy atom. The smallest absolute Gasteiger partial charge is 0.255 e. The fourth-order valence-electron chi connectivity index (χ4n) is 4.88. The molecule has 3 aromatic rings. The SMILES string of the molecule is COCCOc1ccc2c(c1-c1ncnc3c(C(=O)NC4CCC(NC(=O)COC)CC4)c[nH]c13)OCO2. The maximum Gasteiger partial charge on any atom is 0.255 e. The molecule has 0 bridgehead atoms. The van der Waals surface area contributed by atoms with Crippen LogP contribution in [0.15, 0.2) is 24.7 Å². The van der Waals surface area contributed by atoms with E-state index in [9.17, 15) is 9.59 Å². The zero-order valence-corrected chi connectivity index (χ0v) is 21.4. The molecule has 1 fully saturated rings. The summed E-state index contributed by atoms with van der Waals surface area (Å²) in [7, 11) is 3.10. The number of aromatic amines is 1. The lowest BCUT2D eigenvalue weighted by atomic mass is 9.91. The fourth-order valence-corrected chi connectivity index (χ4v) is 4.88. The summed E-state index contributed by atoms with van der Waals surface area (Å²) in [4.78, 5) is 37.1. The van der Waals surface area contributed by atoms with Crippen molar-refractivity contribution in [3.8, 4) is 28.5 Å². The van der Waals surface area contributed by atoms with Crippen molar-refractivity contribution in [2.75, 3.05) is 40.8 Å². The number of ether oxygens (including phenoxy) is 5. The molecule has 1 aliphatic carbocycles. The summed E-state index contributed by atoms with van der Waals surface area (Å²) in [5, 5.41) is 6.09. The predicted molar refractivity (Wildman–Crippen MR) is 136 cm³/mol. The van der Waals surface area contributed by atoms with Crippen LogP contribution in [0.4, 0.5) is 0 Å². The van der Waals surface area contributed by atoms with Crippen LogP contribution in [0.3, 0.4) is 0 Å². The summed E-state index contributed by atoms with van der Waals surface area (Å²) in [6.45, 7) is 0.900. The van der Waals surface area contributed by atoms with Gasteiger partial charge in [0.2, 0.25) is 12.7 Å². The highest BCUT2D eigenvalue weighted by atomic mass is 16.7. The summed E-state index contributed by atoms with van der Waals surface area (Å²) < 4.78 is 27.3. The van der Waals surface area contributed by atoms with Crippen molar-refractivity contribution < 1.29 is 33.3 Å². The third kappa shape index (κ3) is 5.36. The van der Waals surface area contributed by atoms with Crippen molar-refractivity contribution in [1.82, 2.24) is 25.6 Å². The number of amides is 2. The lowest BCUT2D eigenvalue weighted by Gasteiger charge is -2.29. The van der Waals surface area contributed by atoms with Gasteiger partial charge in [0.1, 0.15) is 36.5 Å². The van der Waals surface area contributed by atoms with Gasteiger partial charge in [-0.25, -0.2) is 9.97 Å². The number of fused-ring (bicyclic) bond motifs is 2. The molecular formula is C26H31N5O7. The number of aromatic nitrogens is 3. The van der Waals surface area contributed by atoms with E-state index in [1.54, 1.807) is 25.4 Å². The van der Waals surface area contributed by atoms with Gasteiger partial charge in [-0.3, -0.25) is 9.59 Å². The zero-order valence-electron chi connectivity index (χ0n) is 21.4. The Kier molecular flexibility index (Phi) is 7.89. The van der Waals surface area contributed by atoms with Gasteiger partial charge in [-0.05, 0) is 37.8 Å². The van der Waals surface area contributed by atoms with Gasteiger partial charge in [0, 0.05) is 32.5 Å². The van der Waals surface area contributed by atoms with Gasteiger partial charge in [-0.1, -0.05) is 0 Å². The fraction of sp³-hybridized carbons (Fsp3) is 0.462. The number of carbonyl (C=O) groups is 2. The number of benzene rings is 1. The molecule has 2 aliphatic rings. The molecule has 3 N–H and O–H groups in total. The first-order valence-electron chi connectivity index (χ1n) is 12.5. The Balaban J connectivity index is 1.35. The van der Waals surface area contributed by atoms with Crippen molar-refractivity contribution in [1.29, 1.82) is 0 Å². The first-order chi connectivity index (χ1) is 18.6. The summed E-state index contributed by atoms with van der Waals surface area (Å²) in [5.74, 6) is 1.32. The topological polar surface area (TPSA) is 146 Å². The molecule has 0 unspecified atom stereocenters. The van der Waals surface area contributed by atoms with Gasteiger partial charge < -0.3 is 39.3 Å². The minimum atomic E-state index is -0.220. The Morgan fingerprint density at radius 3 is 2.58 bits per heavy atom. The number of hydrogen-bond donors (Lipinski definition) is 3. The van der Waals surface area contributed by atoms with E-state index in [0.717, 1.165) is 25.7 Å². The Labute approximate surface area is 219 Å². The number of methoxy groups -OCH3 is 2. The molecule has 2 aromatic heterocycles. The largest absolute Gasteiger partial charge is 0.490 e. The Bertz CT molecular complexity index is 1300. The second-order valence-electron chi connectivity index (χ2n) is 9.18. The standard InChI is InChI=1S/C26H31N5O7/c1-34-9-10-36-18-7-8-19-25(38-14-37-19)21(18)23-24-22(28-13-29-23)17(11-27-24)26(33)31-16-5-3-15(4-6-16)30-20(32)12-35-2/h7-8,11,13,15-16,27H,3-6,9-10,12,14H2,1-2H3,(H,30,32)(H,31,33). The first kappa shape index (κ1) is 25.7. The van der Waals surface area contributed by atoms with E-state index in [0.29, 0.717) is 58.3 Å². The maximum absolute atomic E-state index is 13.2. The van der Waals surface area contributed by atoms with Crippen molar-refractivity contribution in [2.24, 2.45) is 0 Å². The number of nitrogens with zero attached hydrogens (tertiary/aromatic N) is 2. The first-order valence-corrected chi connectivity index (χ1v) is 12.5. The van der Waals surface area contributed by atoms with Crippen LogP contribution in [0.5, 0.6) is 17.2 Å². The van der Waals surface area contributed by atoms with E-state index in [2.05, 4.69) is 25.6 Å². The molecule has 0 saturated heterocycles. The molecule has 0 spiro atoms. The van der Waals surface area contributed by atoms with E-state index < -0.39 is 0 Å². The molecule has 3 heterocycles. The van der Waals surface area contributed by atoms with E-state index >= 15 is 0 Å². The quantitative estimate of drug-likeness (QED) is 0.339. The maximum atomic E-state index is 13.2. The number of H-pyrrole nitrogens is 1. The van der Waals surface area contributed by atoms with Gasteiger partial charge >= 0.3 is 0 Å². The van der Waals surface area contributed by atoms with Crippen molar-refractivity contribution in [3.63, 3.8) is 0 Å². The zero-order chi connectivity index (χ0) is 26.5. The van der Waals surface area contributed by atoms with Crippen LogP contribution in [0.25, 0.3) is 22.3 Å². The average molecular weight is 526 g/mol.